The molecule has 1 saturated carbocycles. The number of rotatable bonds is 10. The van der Waals surface area contributed by atoms with E-state index in [0.29, 0.717) is 35.0 Å². The Hall–Kier alpha value is -3.82. The quantitative estimate of drug-likeness (QED) is 0.237. The second kappa shape index (κ2) is 14.3. The average molecular weight is 674 g/mol. The molecule has 6 rings (SSSR count). The smallest absolute Gasteiger partial charge is 0.238 e. The van der Waals surface area contributed by atoms with Gasteiger partial charge in [0.1, 0.15) is 5.82 Å². The number of ether oxygens (including phenoxy) is 2. The number of pyridine rings is 1. The molecule has 3 heterocycles. The molecule has 10 heteroatoms. The van der Waals surface area contributed by atoms with Crippen molar-refractivity contribution in [3.8, 4) is 11.5 Å². The van der Waals surface area contributed by atoms with E-state index in [2.05, 4.69) is 30.7 Å². The number of methoxy groups -OCH3 is 1. The molecular weight excluding hydrogens is 626 g/mol. The molecule has 2 fully saturated rings. The van der Waals surface area contributed by atoms with Gasteiger partial charge in [-0.3, -0.25) is 19.4 Å². The van der Waals surface area contributed by atoms with Crippen LogP contribution in [-0.2, 0) is 16.0 Å². The van der Waals surface area contributed by atoms with Crippen LogP contribution in [-0.4, -0.2) is 78.7 Å². The SMILES string of the molecule is COc1cc2c(cc1OC(C)C)[C@H](c1ccc(Cl)cc1)N(c1ccc(N(C)C[C@H]3CC[C@H](N4CC(=O)N(C(C)C)C4)CC3)nc1)C(=O)C2. The number of anilines is 2. The summed E-state index contributed by atoms with van der Waals surface area (Å²) >= 11 is 6.28. The van der Waals surface area contributed by atoms with Crippen LogP contribution in [0, 0.1) is 5.92 Å². The second-order valence-corrected chi connectivity index (χ2v) is 14.5. The maximum Gasteiger partial charge on any atom is 0.238 e. The van der Waals surface area contributed by atoms with Crippen molar-refractivity contribution in [2.75, 3.05) is 43.7 Å². The summed E-state index contributed by atoms with van der Waals surface area (Å²) in [5.74, 6) is 2.95. The number of hydrogen-bond donors (Lipinski definition) is 0. The number of carbonyl (C=O) groups excluding carboxylic acids is 2. The first-order valence-corrected chi connectivity index (χ1v) is 17.6. The van der Waals surface area contributed by atoms with Crippen molar-refractivity contribution >= 4 is 34.9 Å². The number of benzene rings is 2. The molecule has 1 saturated heterocycles. The van der Waals surface area contributed by atoms with E-state index in [0.717, 1.165) is 67.1 Å². The van der Waals surface area contributed by atoms with Gasteiger partial charge >= 0.3 is 0 Å². The van der Waals surface area contributed by atoms with Crippen LogP contribution in [0.1, 0.15) is 76.1 Å². The molecule has 0 spiro atoms. The van der Waals surface area contributed by atoms with Crippen LogP contribution < -0.4 is 19.3 Å². The third-order valence-electron chi connectivity index (χ3n) is 10.0. The van der Waals surface area contributed by atoms with Crippen LogP contribution in [0.2, 0.25) is 5.02 Å². The molecule has 0 N–H and O–H groups in total. The lowest BCUT2D eigenvalue weighted by atomic mass is 9.85. The van der Waals surface area contributed by atoms with Gasteiger partial charge < -0.3 is 19.3 Å². The van der Waals surface area contributed by atoms with E-state index in [1.807, 2.05) is 78.4 Å². The van der Waals surface area contributed by atoms with E-state index in [4.69, 9.17) is 26.1 Å². The van der Waals surface area contributed by atoms with Crippen molar-refractivity contribution in [1.29, 1.82) is 0 Å². The molecule has 1 atom stereocenters. The van der Waals surface area contributed by atoms with Crippen LogP contribution in [0.15, 0.2) is 54.7 Å². The highest BCUT2D eigenvalue weighted by Crippen LogP contribution is 2.44. The normalized spacial score (nSPS) is 21.6. The molecule has 2 aliphatic heterocycles. The summed E-state index contributed by atoms with van der Waals surface area (Å²) in [5.41, 5.74) is 3.58. The Kier molecular flexibility index (Phi) is 10.2. The van der Waals surface area contributed by atoms with Crippen molar-refractivity contribution in [3.63, 3.8) is 0 Å². The summed E-state index contributed by atoms with van der Waals surface area (Å²) in [6.45, 7) is 10.4. The molecule has 2 amide bonds. The van der Waals surface area contributed by atoms with Gasteiger partial charge in [0.2, 0.25) is 11.8 Å². The summed E-state index contributed by atoms with van der Waals surface area (Å²) in [5, 5.41) is 0.637. The summed E-state index contributed by atoms with van der Waals surface area (Å²) in [6, 6.07) is 16.0. The van der Waals surface area contributed by atoms with Crippen LogP contribution in [0.25, 0.3) is 0 Å². The molecule has 2 aromatic carbocycles. The molecule has 48 heavy (non-hydrogen) atoms. The standard InChI is InChI=1S/C38H48ClN5O4/c1-24(2)43-23-42(22-37(43)46)30-13-7-26(8-14-30)21-41(5)35-16-15-31(20-40-35)44-36(45)18-28-17-33(47-6)34(48-25(3)4)19-32(28)38(44)27-9-11-29(39)12-10-27/h9-12,15-17,19-20,24-26,30,38H,7-8,13-14,18,21-23H2,1-6H3/t26-,30-,38-/m0/s1. The van der Waals surface area contributed by atoms with Crippen molar-refractivity contribution in [1.82, 2.24) is 14.8 Å². The molecule has 0 radical (unpaired) electrons. The lowest BCUT2D eigenvalue weighted by Gasteiger charge is -2.38. The molecule has 3 aromatic rings. The number of aromatic nitrogens is 1. The van der Waals surface area contributed by atoms with Gasteiger partial charge in [0.15, 0.2) is 11.5 Å². The predicted octanol–water partition coefficient (Wildman–Crippen LogP) is 6.71. The number of nitrogens with zero attached hydrogens (tertiary/aromatic N) is 5. The van der Waals surface area contributed by atoms with Gasteiger partial charge in [-0.25, -0.2) is 4.98 Å². The van der Waals surface area contributed by atoms with Gasteiger partial charge in [0, 0.05) is 30.7 Å². The predicted molar refractivity (Wildman–Crippen MR) is 190 cm³/mol. The Bertz CT molecular complexity index is 1600. The van der Waals surface area contributed by atoms with Crippen LogP contribution in [0.4, 0.5) is 11.5 Å². The Balaban J connectivity index is 1.18. The number of halogens is 1. The molecule has 256 valence electrons. The van der Waals surface area contributed by atoms with Crippen molar-refractivity contribution in [2.45, 2.75) is 84.0 Å². The van der Waals surface area contributed by atoms with Gasteiger partial charge in [-0.15, -0.1) is 0 Å². The minimum Gasteiger partial charge on any atom is -0.493 e. The first-order valence-electron chi connectivity index (χ1n) is 17.2. The second-order valence-electron chi connectivity index (χ2n) is 14.0. The Morgan fingerprint density at radius 1 is 0.958 bits per heavy atom. The largest absolute Gasteiger partial charge is 0.493 e. The van der Waals surface area contributed by atoms with Crippen LogP contribution in [0.3, 0.4) is 0 Å². The third-order valence-corrected chi connectivity index (χ3v) is 10.3. The zero-order valence-corrected chi connectivity index (χ0v) is 29.7. The molecule has 3 aliphatic rings. The summed E-state index contributed by atoms with van der Waals surface area (Å²) in [4.78, 5) is 39.6. The molecule has 1 aromatic heterocycles. The number of fused-ring (bicyclic) bond motifs is 1. The lowest BCUT2D eigenvalue weighted by Crippen LogP contribution is -2.41. The van der Waals surface area contributed by atoms with E-state index in [9.17, 15) is 9.59 Å². The van der Waals surface area contributed by atoms with Gasteiger partial charge in [0.05, 0.1) is 50.8 Å². The minimum absolute atomic E-state index is 0.0158. The number of amides is 2. The molecule has 0 unspecified atom stereocenters. The average Bonchev–Trinajstić information content (AvgIpc) is 3.46. The summed E-state index contributed by atoms with van der Waals surface area (Å²) in [7, 11) is 3.71. The fourth-order valence-corrected chi connectivity index (χ4v) is 7.66. The van der Waals surface area contributed by atoms with Gasteiger partial charge in [-0.2, -0.15) is 0 Å². The number of carbonyl (C=O) groups is 2. The van der Waals surface area contributed by atoms with Gasteiger partial charge in [-0.1, -0.05) is 23.7 Å². The van der Waals surface area contributed by atoms with Crippen LogP contribution in [0.5, 0.6) is 11.5 Å². The van der Waals surface area contributed by atoms with Crippen molar-refractivity contribution in [3.05, 3.63) is 76.4 Å². The van der Waals surface area contributed by atoms with Crippen LogP contribution >= 0.6 is 11.6 Å². The Morgan fingerprint density at radius 3 is 2.29 bits per heavy atom. The zero-order chi connectivity index (χ0) is 34.1. The maximum absolute atomic E-state index is 13.9. The zero-order valence-electron chi connectivity index (χ0n) is 29.0. The summed E-state index contributed by atoms with van der Waals surface area (Å²) < 4.78 is 11.8. The minimum atomic E-state index is -0.391. The lowest BCUT2D eigenvalue weighted by molar-refractivity contribution is -0.128. The topological polar surface area (TPSA) is 78.5 Å². The Labute approximate surface area is 289 Å². The first-order chi connectivity index (χ1) is 23.0. The van der Waals surface area contributed by atoms with E-state index in [-0.39, 0.29) is 30.4 Å². The highest BCUT2D eigenvalue weighted by atomic mass is 35.5. The van der Waals surface area contributed by atoms with Gasteiger partial charge in [-0.05, 0) is 112 Å². The molecule has 0 bridgehead atoms. The van der Waals surface area contributed by atoms with Gasteiger partial charge in [0.25, 0.3) is 0 Å². The van der Waals surface area contributed by atoms with E-state index < -0.39 is 6.04 Å². The molecule has 1 aliphatic carbocycles. The van der Waals surface area contributed by atoms with Crippen molar-refractivity contribution < 1.29 is 19.1 Å². The maximum atomic E-state index is 13.9. The first kappa shape index (κ1) is 34.1. The fraction of sp³-hybridized carbons (Fsp3) is 0.500. The third kappa shape index (κ3) is 7.13. The molecular formula is C38H48ClN5O4. The summed E-state index contributed by atoms with van der Waals surface area (Å²) in [6.07, 6.45) is 6.52. The van der Waals surface area contributed by atoms with E-state index in [1.54, 1.807) is 7.11 Å². The van der Waals surface area contributed by atoms with E-state index in [1.165, 1.54) is 0 Å². The van der Waals surface area contributed by atoms with Crippen molar-refractivity contribution in [2.24, 2.45) is 5.92 Å². The van der Waals surface area contributed by atoms with E-state index >= 15 is 0 Å². The number of hydrogen-bond acceptors (Lipinski definition) is 7. The molecule has 9 nitrogen and oxygen atoms in total. The Morgan fingerprint density at radius 2 is 1.69 bits per heavy atom. The fourth-order valence-electron chi connectivity index (χ4n) is 7.53. The monoisotopic (exact) mass is 673 g/mol. The highest BCUT2D eigenvalue weighted by Gasteiger charge is 2.37. The highest BCUT2D eigenvalue weighted by molar-refractivity contribution is 6.30.